The van der Waals surface area contributed by atoms with Crippen LogP contribution in [0.15, 0.2) is 47.0 Å². The number of nitrogens with zero attached hydrogens (tertiary/aromatic N) is 3. The lowest BCUT2D eigenvalue weighted by Gasteiger charge is -2.30. The van der Waals surface area contributed by atoms with E-state index in [9.17, 15) is 22.4 Å². The maximum atomic E-state index is 13.1. The number of likely N-dealkylation sites (tertiary alicyclic amines) is 1. The Balaban J connectivity index is 1.38. The van der Waals surface area contributed by atoms with Gasteiger partial charge in [0.2, 0.25) is 17.6 Å². The van der Waals surface area contributed by atoms with Gasteiger partial charge in [0.15, 0.2) is 0 Å². The Morgan fingerprint density at radius 3 is 2.70 bits per heavy atom. The second-order valence-corrected chi connectivity index (χ2v) is 8.18. The number of aromatic nitrogens is 2. The first-order valence-corrected chi connectivity index (χ1v) is 10.6. The van der Waals surface area contributed by atoms with Crippen LogP contribution in [0.1, 0.15) is 24.3 Å². The molecule has 1 saturated heterocycles. The van der Waals surface area contributed by atoms with Crippen LogP contribution in [0.5, 0.6) is 0 Å². The molecule has 0 aliphatic carbocycles. The Bertz CT molecular complexity index is 1130. The molecule has 0 spiro atoms. The highest BCUT2D eigenvalue weighted by atomic mass is 35.5. The molecular formula is C22H19ClF4N4O2. The summed E-state index contributed by atoms with van der Waals surface area (Å²) in [5.74, 6) is -0.466. The van der Waals surface area contributed by atoms with E-state index in [-0.39, 0.29) is 17.4 Å². The molecule has 1 aliphatic heterocycles. The first-order valence-electron chi connectivity index (χ1n) is 10.2. The Morgan fingerprint density at radius 1 is 1.21 bits per heavy atom. The molecule has 1 amide bonds. The van der Waals surface area contributed by atoms with Crippen LogP contribution in [0.2, 0.25) is 5.02 Å². The minimum Gasteiger partial charge on any atom is -0.338 e. The lowest BCUT2D eigenvalue weighted by atomic mass is 9.97. The number of halogens is 5. The molecule has 1 atom stereocenters. The Kier molecular flexibility index (Phi) is 6.66. The molecule has 6 nitrogen and oxygen atoms in total. The van der Waals surface area contributed by atoms with Gasteiger partial charge in [0, 0.05) is 17.8 Å². The van der Waals surface area contributed by atoms with Crippen LogP contribution >= 0.6 is 11.6 Å². The van der Waals surface area contributed by atoms with E-state index in [4.69, 9.17) is 16.1 Å². The van der Waals surface area contributed by atoms with Gasteiger partial charge in [-0.3, -0.25) is 9.69 Å². The van der Waals surface area contributed by atoms with Crippen molar-refractivity contribution in [1.82, 2.24) is 15.0 Å². The molecule has 0 bridgehead atoms. The molecule has 33 heavy (non-hydrogen) atoms. The maximum absolute atomic E-state index is 13.1. The fraction of sp³-hybridized carbons (Fsp3) is 0.318. The van der Waals surface area contributed by atoms with Gasteiger partial charge in [-0.15, -0.1) is 0 Å². The summed E-state index contributed by atoms with van der Waals surface area (Å²) >= 11 is 5.63. The molecule has 0 saturated carbocycles. The number of piperidine rings is 1. The molecule has 2 aromatic carbocycles. The zero-order valence-corrected chi connectivity index (χ0v) is 18.0. The summed E-state index contributed by atoms with van der Waals surface area (Å²) in [6, 6.07) is 8.98. The third-order valence-corrected chi connectivity index (χ3v) is 5.67. The van der Waals surface area contributed by atoms with E-state index in [0.717, 1.165) is 18.6 Å². The third-order valence-electron chi connectivity index (χ3n) is 5.34. The van der Waals surface area contributed by atoms with Gasteiger partial charge in [0.05, 0.1) is 23.0 Å². The highest BCUT2D eigenvalue weighted by Crippen LogP contribution is 2.36. The van der Waals surface area contributed by atoms with Gasteiger partial charge in [-0.1, -0.05) is 16.8 Å². The van der Waals surface area contributed by atoms with E-state index in [1.165, 1.54) is 18.2 Å². The second kappa shape index (κ2) is 9.48. The summed E-state index contributed by atoms with van der Waals surface area (Å²) < 4.78 is 57.6. The largest absolute Gasteiger partial charge is 0.417 e. The van der Waals surface area contributed by atoms with Crippen LogP contribution in [-0.2, 0) is 17.5 Å². The summed E-state index contributed by atoms with van der Waals surface area (Å²) in [6.45, 7) is 1.41. The van der Waals surface area contributed by atoms with E-state index < -0.39 is 22.7 Å². The summed E-state index contributed by atoms with van der Waals surface area (Å²) in [4.78, 5) is 19.0. The average molecular weight is 483 g/mol. The minimum absolute atomic E-state index is 0.0367. The van der Waals surface area contributed by atoms with Crippen LogP contribution < -0.4 is 5.32 Å². The molecule has 0 radical (unpaired) electrons. The van der Waals surface area contributed by atoms with Crippen molar-refractivity contribution in [2.24, 2.45) is 5.92 Å². The van der Waals surface area contributed by atoms with Crippen molar-refractivity contribution >= 4 is 23.2 Å². The average Bonchev–Trinajstić information content (AvgIpc) is 3.23. The van der Waals surface area contributed by atoms with Crippen molar-refractivity contribution in [3.8, 4) is 11.4 Å². The van der Waals surface area contributed by atoms with Crippen LogP contribution in [0, 0.1) is 11.7 Å². The zero-order chi connectivity index (χ0) is 23.6. The SMILES string of the molecule is O=C(Nc1ccc(Cl)c(C(F)(F)F)c1)C1CCCN(Cc2nc(-c3ccc(F)cc3)no2)C1. The molecule has 1 aliphatic rings. The minimum atomic E-state index is -4.61. The molecular weight excluding hydrogens is 464 g/mol. The topological polar surface area (TPSA) is 71.3 Å². The number of hydrogen-bond acceptors (Lipinski definition) is 5. The lowest BCUT2D eigenvalue weighted by Crippen LogP contribution is -2.40. The summed E-state index contributed by atoms with van der Waals surface area (Å²) in [5.41, 5.74) is -0.348. The molecule has 1 fully saturated rings. The van der Waals surface area contributed by atoms with Gasteiger partial charge < -0.3 is 9.84 Å². The number of carbonyl (C=O) groups excluding carboxylic acids is 1. The number of nitrogens with one attached hydrogen (secondary N) is 1. The molecule has 174 valence electrons. The maximum Gasteiger partial charge on any atom is 0.417 e. The predicted octanol–water partition coefficient (Wildman–Crippen LogP) is 5.40. The van der Waals surface area contributed by atoms with E-state index >= 15 is 0 Å². The zero-order valence-electron chi connectivity index (χ0n) is 17.2. The number of hydrogen-bond donors (Lipinski definition) is 1. The van der Waals surface area contributed by atoms with E-state index in [1.807, 2.05) is 4.90 Å². The van der Waals surface area contributed by atoms with E-state index in [0.29, 0.717) is 43.3 Å². The summed E-state index contributed by atoms with van der Waals surface area (Å²) in [6.07, 6.45) is -3.28. The molecule has 1 N–H and O–H groups in total. The molecule has 1 aromatic heterocycles. The summed E-state index contributed by atoms with van der Waals surface area (Å²) in [5, 5.41) is 6.04. The van der Waals surface area contributed by atoms with Gasteiger partial charge in [-0.25, -0.2) is 4.39 Å². The normalized spacial score (nSPS) is 17.2. The number of amides is 1. The van der Waals surface area contributed by atoms with Crippen molar-refractivity contribution in [2.75, 3.05) is 18.4 Å². The number of benzene rings is 2. The van der Waals surface area contributed by atoms with E-state index in [1.54, 1.807) is 12.1 Å². The Hall–Kier alpha value is -2.98. The highest BCUT2D eigenvalue weighted by molar-refractivity contribution is 6.31. The molecule has 4 rings (SSSR count). The smallest absolute Gasteiger partial charge is 0.338 e. The molecule has 1 unspecified atom stereocenters. The fourth-order valence-corrected chi connectivity index (χ4v) is 3.93. The first-order chi connectivity index (χ1) is 15.7. The van der Waals surface area contributed by atoms with Crippen molar-refractivity contribution in [3.05, 3.63) is 64.8 Å². The monoisotopic (exact) mass is 482 g/mol. The quantitative estimate of drug-likeness (QED) is 0.493. The second-order valence-electron chi connectivity index (χ2n) is 7.77. The van der Waals surface area contributed by atoms with Crippen molar-refractivity contribution < 1.29 is 26.9 Å². The molecule has 11 heteroatoms. The van der Waals surface area contributed by atoms with Crippen LogP contribution in [0.4, 0.5) is 23.2 Å². The number of anilines is 1. The molecule has 3 aromatic rings. The van der Waals surface area contributed by atoms with Gasteiger partial charge >= 0.3 is 6.18 Å². The highest BCUT2D eigenvalue weighted by Gasteiger charge is 2.34. The van der Waals surface area contributed by atoms with Crippen LogP contribution in [0.25, 0.3) is 11.4 Å². The predicted molar refractivity (Wildman–Crippen MR) is 113 cm³/mol. The van der Waals surface area contributed by atoms with Gasteiger partial charge in [-0.05, 0) is 61.9 Å². The van der Waals surface area contributed by atoms with Crippen LogP contribution in [-0.4, -0.2) is 34.0 Å². The van der Waals surface area contributed by atoms with Crippen molar-refractivity contribution in [2.45, 2.75) is 25.6 Å². The number of rotatable bonds is 5. The number of alkyl halides is 3. The van der Waals surface area contributed by atoms with Gasteiger partial charge in [-0.2, -0.15) is 18.2 Å². The Labute approximate surface area is 191 Å². The Morgan fingerprint density at radius 2 is 1.97 bits per heavy atom. The third kappa shape index (κ3) is 5.69. The van der Waals surface area contributed by atoms with Gasteiger partial charge in [0.1, 0.15) is 5.82 Å². The van der Waals surface area contributed by atoms with Crippen LogP contribution in [0.3, 0.4) is 0 Å². The van der Waals surface area contributed by atoms with Crippen molar-refractivity contribution in [3.63, 3.8) is 0 Å². The standard InChI is InChI=1S/C22H19ClF4N4O2/c23-18-8-7-16(10-17(18)22(25,26)27)28-21(32)14-2-1-9-31(11-14)12-19-29-20(30-33-19)13-3-5-15(24)6-4-13/h3-8,10,14H,1-2,9,11-12H2,(H,28,32). The lowest BCUT2D eigenvalue weighted by molar-refractivity contribution is -0.137. The first kappa shape index (κ1) is 23.2. The van der Waals surface area contributed by atoms with Gasteiger partial charge in [0.25, 0.3) is 0 Å². The fourth-order valence-electron chi connectivity index (χ4n) is 3.70. The molecule has 2 heterocycles. The number of carbonyl (C=O) groups is 1. The summed E-state index contributed by atoms with van der Waals surface area (Å²) in [7, 11) is 0. The van der Waals surface area contributed by atoms with E-state index in [2.05, 4.69) is 15.5 Å². The van der Waals surface area contributed by atoms with Crippen molar-refractivity contribution in [1.29, 1.82) is 0 Å².